The van der Waals surface area contributed by atoms with E-state index in [9.17, 15) is 0 Å². The Hall–Kier alpha value is -2.10. The summed E-state index contributed by atoms with van der Waals surface area (Å²) in [6.45, 7) is 0. The minimum Gasteiger partial charge on any atom is -0.493 e. The van der Waals surface area contributed by atoms with E-state index in [1.807, 2.05) is 18.2 Å². The zero-order chi connectivity index (χ0) is 11.1. The van der Waals surface area contributed by atoms with E-state index in [0.29, 0.717) is 5.75 Å². The van der Waals surface area contributed by atoms with Gasteiger partial charge in [-0.1, -0.05) is 0 Å². The zero-order valence-electron chi connectivity index (χ0n) is 9.03. The van der Waals surface area contributed by atoms with Crippen molar-refractivity contribution in [1.82, 2.24) is 4.98 Å². The summed E-state index contributed by atoms with van der Waals surface area (Å²) in [7, 11) is 3.25. The van der Waals surface area contributed by atoms with E-state index in [0.717, 1.165) is 27.8 Å². The molecule has 0 bridgehead atoms. The van der Waals surface area contributed by atoms with Gasteiger partial charge < -0.3 is 18.9 Å². The van der Waals surface area contributed by atoms with Crippen LogP contribution in [0.15, 0.2) is 28.9 Å². The van der Waals surface area contributed by atoms with Gasteiger partial charge in [-0.15, -0.1) is 0 Å². The molecular weight excluding hydrogens is 206 g/mol. The SMILES string of the molecule is COc1cc2[nH]c3occc3c2cc1OC. The molecule has 0 amide bonds. The molecule has 0 aliphatic rings. The van der Waals surface area contributed by atoms with Gasteiger partial charge in [-0.3, -0.25) is 0 Å². The summed E-state index contributed by atoms with van der Waals surface area (Å²) >= 11 is 0. The fourth-order valence-electron chi connectivity index (χ4n) is 1.95. The lowest BCUT2D eigenvalue weighted by Gasteiger charge is -2.06. The number of ether oxygens (including phenoxy) is 2. The van der Waals surface area contributed by atoms with Crippen LogP contribution in [-0.2, 0) is 0 Å². The highest BCUT2D eigenvalue weighted by molar-refractivity contribution is 6.06. The Morgan fingerprint density at radius 2 is 1.81 bits per heavy atom. The van der Waals surface area contributed by atoms with Gasteiger partial charge in [0.25, 0.3) is 0 Å². The highest BCUT2D eigenvalue weighted by Crippen LogP contribution is 2.35. The van der Waals surface area contributed by atoms with Crippen molar-refractivity contribution >= 4 is 22.0 Å². The largest absolute Gasteiger partial charge is 0.493 e. The number of aromatic amines is 1. The molecule has 3 aromatic rings. The van der Waals surface area contributed by atoms with E-state index >= 15 is 0 Å². The first-order valence-corrected chi connectivity index (χ1v) is 4.94. The maximum absolute atomic E-state index is 5.31. The number of methoxy groups -OCH3 is 2. The fourth-order valence-corrected chi connectivity index (χ4v) is 1.95. The molecule has 1 aromatic carbocycles. The molecule has 1 N–H and O–H groups in total. The highest BCUT2D eigenvalue weighted by Gasteiger charge is 2.11. The Morgan fingerprint density at radius 3 is 2.56 bits per heavy atom. The van der Waals surface area contributed by atoms with Crippen molar-refractivity contribution in [1.29, 1.82) is 0 Å². The van der Waals surface area contributed by atoms with E-state index in [1.165, 1.54) is 0 Å². The van der Waals surface area contributed by atoms with Crippen LogP contribution in [0.2, 0.25) is 0 Å². The molecular formula is C12H11NO3. The summed E-state index contributed by atoms with van der Waals surface area (Å²) in [5.74, 6) is 1.43. The van der Waals surface area contributed by atoms with Gasteiger partial charge in [0.05, 0.1) is 26.0 Å². The summed E-state index contributed by atoms with van der Waals surface area (Å²) in [5, 5.41) is 2.12. The maximum atomic E-state index is 5.31. The van der Waals surface area contributed by atoms with Gasteiger partial charge >= 0.3 is 0 Å². The zero-order valence-corrected chi connectivity index (χ0v) is 9.03. The lowest BCUT2D eigenvalue weighted by molar-refractivity contribution is 0.356. The average Bonchev–Trinajstić information content (AvgIpc) is 2.87. The molecule has 0 aliphatic carbocycles. The molecule has 4 nitrogen and oxygen atoms in total. The molecule has 82 valence electrons. The molecule has 0 fully saturated rings. The number of hydrogen-bond donors (Lipinski definition) is 1. The Labute approximate surface area is 91.8 Å². The Bertz CT molecular complexity index is 651. The fraction of sp³-hybridized carbons (Fsp3) is 0.167. The molecule has 0 unspecified atom stereocenters. The standard InChI is InChI=1S/C12H11NO3/c1-14-10-5-8-7-3-4-16-12(7)13-9(8)6-11(10)15-2/h3-6,13H,1-2H3. The first-order chi connectivity index (χ1) is 7.83. The van der Waals surface area contributed by atoms with Crippen LogP contribution in [0, 0.1) is 0 Å². The molecule has 0 saturated heterocycles. The second-order valence-corrected chi connectivity index (χ2v) is 3.54. The number of aromatic nitrogens is 1. The van der Waals surface area contributed by atoms with Gasteiger partial charge in [-0.25, -0.2) is 0 Å². The predicted octanol–water partition coefficient (Wildman–Crippen LogP) is 2.93. The molecule has 0 saturated carbocycles. The molecule has 0 radical (unpaired) electrons. The lowest BCUT2D eigenvalue weighted by Crippen LogP contribution is -1.89. The van der Waals surface area contributed by atoms with Crippen LogP contribution in [0.25, 0.3) is 22.0 Å². The molecule has 0 aliphatic heterocycles. The van der Waals surface area contributed by atoms with Gasteiger partial charge in [-0.05, 0) is 12.1 Å². The van der Waals surface area contributed by atoms with Crippen molar-refractivity contribution in [3.8, 4) is 11.5 Å². The van der Waals surface area contributed by atoms with Crippen LogP contribution >= 0.6 is 0 Å². The summed E-state index contributed by atoms with van der Waals surface area (Å²) in [6.07, 6.45) is 1.66. The number of H-pyrrole nitrogens is 1. The molecule has 3 rings (SSSR count). The van der Waals surface area contributed by atoms with Crippen molar-refractivity contribution in [2.45, 2.75) is 0 Å². The van der Waals surface area contributed by atoms with E-state index in [4.69, 9.17) is 13.9 Å². The van der Waals surface area contributed by atoms with Gasteiger partial charge in [0.15, 0.2) is 11.5 Å². The molecule has 0 spiro atoms. The Morgan fingerprint density at radius 1 is 1.06 bits per heavy atom. The minimum absolute atomic E-state index is 0.707. The van der Waals surface area contributed by atoms with Crippen LogP contribution in [0.1, 0.15) is 0 Å². The Kier molecular flexibility index (Phi) is 1.83. The first-order valence-electron chi connectivity index (χ1n) is 4.94. The smallest absolute Gasteiger partial charge is 0.205 e. The topological polar surface area (TPSA) is 47.4 Å². The summed E-state index contributed by atoms with van der Waals surface area (Å²) in [5.41, 5.74) is 1.75. The number of furan rings is 1. The molecule has 16 heavy (non-hydrogen) atoms. The summed E-state index contributed by atoms with van der Waals surface area (Å²) < 4.78 is 15.8. The van der Waals surface area contributed by atoms with E-state index in [1.54, 1.807) is 20.5 Å². The van der Waals surface area contributed by atoms with E-state index < -0.39 is 0 Å². The third kappa shape index (κ3) is 1.10. The van der Waals surface area contributed by atoms with Crippen LogP contribution in [0.3, 0.4) is 0 Å². The number of fused-ring (bicyclic) bond motifs is 3. The minimum atomic E-state index is 0.707. The van der Waals surface area contributed by atoms with Crippen molar-refractivity contribution < 1.29 is 13.9 Å². The number of rotatable bonds is 2. The highest BCUT2D eigenvalue weighted by atomic mass is 16.5. The molecule has 2 heterocycles. The third-order valence-electron chi connectivity index (χ3n) is 2.73. The average molecular weight is 217 g/mol. The van der Waals surface area contributed by atoms with Gasteiger partial charge in [0, 0.05) is 16.8 Å². The molecule has 4 heteroatoms. The van der Waals surface area contributed by atoms with Gasteiger partial charge in [0.2, 0.25) is 5.71 Å². The number of benzene rings is 1. The molecule has 2 aromatic heterocycles. The van der Waals surface area contributed by atoms with E-state index in [2.05, 4.69) is 4.98 Å². The summed E-state index contributed by atoms with van der Waals surface area (Å²) in [6, 6.07) is 5.78. The van der Waals surface area contributed by atoms with Gasteiger partial charge in [0.1, 0.15) is 0 Å². The molecule has 0 atom stereocenters. The quantitative estimate of drug-likeness (QED) is 0.717. The first kappa shape index (κ1) is 9.15. The van der Waals surface area contributed by atoms with Crippen LogP contribution in [0.4, 0.5) is 0 Å². The number of hydrogen-bond acceptors (Lipinski definition) is 3. The van der Waals surface area contributed by atoms with Crippen molar-refractivity contribution in [2.24, 2.45) is 0 Å². The predicted molar refractivity (Wildman–Crippen MR) is 61.2 cm³/mol. The van der Waals surface area contributed by atoms with Crippen molar-refractivity contribution in [2.75, 3.05) is 14.2 Å². The monoisotopic (exact) mass is 217 g/mol. The van der Waals surface area contributed by atoms with Crippen LogP contribution in [-0.4, -0.2) is 19.2 Å². The second-order valence-electron chi connectivity index (χ2n) is 3.54. The summed E-state index contributed by atoms with van der Waals surface area (Å²) in [4.78, 5) is 3.18. The van der Waals surface area contributed by atoms with Crippen LogP contribution < -0.4 is 9.47 Å². The van der Waals surface area contributed by atoms with Crippen molar-refractivity contribution in [3.63, 3.8) is 0 Å². The van der Waals surface area contributed by atoms with Crippen LogP contribution in [0.5, 0.6) is 11.5 Å². The normalized spacial score (nSPS) is 11.1. The van der Waals surface area contributed by atoms with Crippen molar-refractivity contribution in [3.05, 3.63) is 24.5 Å². The maximum Gasteiger partial charge on any atom is 0.205 e. The lowest BCUT2D eigenvalue weighted by atomic mass is 10.2. The number of nitrogens with one attached hydrogen (secondary N) is 1. The third-order valence-corrected chi connectivity index (χ3v) is 2.73. The van der Waals surface area contributed by atoms with E-state index in [-0.39, 0.29) is 0 Å². The van der Waals surface area contributed by atoms with Gasteiger partial charge in [-0.2, -0.15) is 0 Å². The second kappa shape index (κ2) is 3.20. The Balaban J connectivity index is 2.40.